The first kappa shape index (κ1) is 11.6. The van der Waals surface area contributed by atoms with Crippen molar-refractivity contribution in [3.63, 3.8) is 0 Å². The molecule has 0 amide bonds. The van der Waals surface area contributed by atoms with Gasteiger partial charge in [0, 0.05) is 19.2 Å². The van der Waals surface area contributed by atoms with Gasteiger partial charge in [0.15, 0.2) is 0 Å². The summed E-state index contributed by atoms with van der Waals surface area (Å²) >= 11 is 0. The first-order valence-electron chi connectivity index (χ1n) is 6.68. The number of ether oxygens (including phenoxy) is 1. The molecule has 0 radical (unpaired) electrons. The molecule has 5 heteroatoms. The molecule has 2 bridgehead atoms. The van der Waals surface area contributed by atoms with Crippen molar-refractivity contribution in [2.45, 2.75) is 25.7 Å². The second-order valence-corrected chi connectivity index (χ2v) is 5.43. The highest BCUT2D eigenvalue weighted by Gasteiger charge is 2.31. The standard InChI is InChI=1S/C13H20N4O/c1-18-12-6-11(15-13(14)16-12)17-7-9-3-2-4-10(5-9)8-17/h6,9-10H,2-5,7-8H2,1H3,(H2,14,15,16)/t9-,10-/m0/s1. The van der Waals surface area contributed by atoms with E-state index in [0.29, 0.717) is 11.8 Å². The summed E-state index contributed by atoms with van der Waals surface area (Å²) in [5.74, 6) is 3.39. The maximum atomic E-state index is 5.73. The van der Waals surface area contributed by atoms with E-state index in [1.165, 1.54) is 25.7 Å². The first-order valence-corrected chi connectivity index (χ1v) is 6.68. The van der Waals surface area contributed by atoms with Crippen LogP contribution in [-0.4, -0.2) is 30.2 Å². The Morgan fingerprint density at radius 1 is 1.28 bits per heavy atom. The fourth-order valence-corrected chi connectivity index (χ4v) is 3.32. The summed E-state index contributed by atoms with van der Waals surface area (Å²) in [5, 5.41) is 0. The molecule has 1 aliphatic carbocycles. The van der Waals surface area contributed by atoms with Crippen LogP contribution in [0.5, 0.6) is 5.88 Å². The number of nitrogen functional groups attached to an aromatic ring is 1. The highest BCUT2D eigenvalue weighted by atomic mass is 16.5. The molecule has 5 nitrogen and oxygen atoms in total. The van der Waals surface area contributed by atoms with E-state index in [1.807, 2.05) is 6.07 Å². The Balaban J connectivity index is 1.83. The van der Waals surface area contributed by atoms with Gasteiger partial charge in [-0.15, -0.1) is 0 Å². The van der Waals surface area contributed by atoms with E-state index in [-0.39, 0.29) is 0 Å². The molecule has 1 aliphatic heterocycles. The molecule has 98 valence electrons. The van der Waals surface area contributed by atoms with Crippen molar-refractivity contribution in [2.24, 2.45) is 11.8 Å². The van der Waals surface area contributed by atoms with Crippen molar-refractivity contribution in [1.29, 1.82) is 0 Å². The zero-order valence-corrected chi connectivity index (χ0v) is 10.8. The molecule has 1 aromatic rings. The summed E-state index contributed by atoms with van der Waals surface area (Å²) in [7, 11) is 1.61. The van der Waals surface area contributed by atoms with Crippen LogP contribution < -0.4 is 15.4 Å². The van der Waals surface area contributed by atoms with Gasteiger partial charge < -0.3 is 15.4 Å². The van der Waals surface area contributed by atoms with Gasteiger partial charge in [-0.1, -0.05) is 6.42 Å². The molecule has 18 heavy (non-hydrogen) atoms. The van der Waals surface area contributed by atoms with E-state index in [0.717, 1.165) is 30.7 Å². The third-order valence-corrected chi connectivity index (χ3v) is 4.09. The van der Waals surface area contributed by atoms with Crippen molar-refractivity contribution in [3.8, 4) is 5.88 Å². The topological polar surface area (TPSA) is 64.3 Å². The van der Waals surface area contributed by atoms with E-state index < -0.39 is 0 Å². The van der Waals surface area contributed by atoms with Crippen molar-refractivity contribution in [3.05, 3.63) is 6.07 Å². The Kier molecular flexibility index (Phi) is 2.97. The molecule has 1 saturated carbocycles. The number of nitrogens with zero attached hydrogens (tertiary/aromatic N) is 3. The smallest absolute Gasteiger partial charge is 0.225 e. The van der Waals surface area contributed by atoms with Crippen molar-refractivity contribution in [2.75, 3.05) is 30.8 Å². The first-order chi connectivity index (χ1) is 8.74. The van der Waals surface area contributed by atoms with E-state index >= 15 is 0 Å². The normalized spacial score (nSPS) is 27.1. The highest BCUT2D eigenvalue weighted by molar-refractivity contribution is 5.46. The van der Waals surface area contributed by atoms with Crippen molar-refractivity contribution in [1.82, 2.24) is 9.97 Å². The van der Waals surface area contributed by atoms with Gasteiger partial charge in [0.2, 0.25) is 11.8 Å². The summed E-state index contributed by atoms with van der Waals surface area (Å²) in [4.78, 5) is 10.7. The van der Waals surface area contributed by atoms with Gasteiger partial charge in [0.1, 0.15) is 5.82 Å². The largest absolute Gasteiger partial charge is 0.481 e. The van der Waals surface area contributed by atoms with Gasteiger partial charge >= 0.3 is 0 Å². The minimum atomic E-state index is 0.292. The van der Waals surface area contributed by atoms with Crippen LogP contribution in [0.2, 0.25) is 0 Å². The molecular weight excluding hydrogens is 228 g/mol. The van der Waals surface area contributed by atoms with Gasteiger partial charge in [0.25, 0.3) is 0 Å². The molecule has 2 heterocycles. The van der Waals surface area contributed by atoms with Crippen LogP contribution in [0.25, 0.3) is 0 Å². The summed E-state index contributed by atoms with van der Waals surface area (Å²) in [5.41, 5.74) is 5.73. The van der Waals surface area contributed by atoms with Crippen LogP contribution in [0.1, 0.15) is 25.7 Å². The Hall–Kier alpha value is -1.52. The van der Waals surface area contributed by atoms with Gasteiger partial charge in [-0.25, -0.2) is 0 Å². The number of anilines is 2. The van der Waals surface area contributed by atoms with E-state index in [9.17, 15) is 0 Å². The number of piperidine rings is 1. The van der Waals surface area contributed by atoms with Crippen LogP contribution in [0.4, 0.5) is 11.8 Å². The molecule has 0 aromatic carbocycles. The minimum Gasteiger partial charge on any atom is -0.481 e. The number of fused-ring (bicyclic) bond motifs is 2. The molecule has 2 atom stereocenters. The average Bonchev–Trinajstić information content (AvgIpc) is 2.37. The number of rotatable bonds is 2. The van der Waals surface area contributed by atoms with Crippen LogP contribution in [0.15, 0.2) is 6.07 Å². The number of hydrogen-bond acceptors (Lipinski definition) is 5. The molecule has 0 spiro atoms. The van der Waals surface area contributed by atoms with Crippen molar-refractivity contribution < 1.29 is 4.74 Å². The minimum absolute atomic E-state index is 0.292. The number of nitrogens with two attached hydrogens (primary N) is 1. The predicted octanol–water partition coefficient (Wildman–Crippen LogP) is 1.69. The number of methoxy groups -OCH3 is 1. The van der Waals surface area contributed by atoms with Gasteiger partial charge in [-0.3, -0.25) is 0 Å². The summed E-state index contributed by atoms with van der Waals surface area (Å²) in [6.45, 7) is 2.19. The van der Waals surface area contributed by atoms with Crippen molar-refractivity contribution >= 4 is 11.8 Å². The maximum Gasteiger partial charge on any atom is 0.225 e. The Morgan fingerprint density at radius 2 is 2.00 bits per heavy atom. The highest BCUT2D eigenvalue weighted by Crippen LogP contribution is 2.36. The lowest BCUT2D eigenvalue weighted by atomic mass is 9.78. The third kappa shape index (κ3) is 2.21. The molecular formula is C13H20N4O. The zero-order valence-electron chi connectivity index (χ0n) is 10.8. The fraction of sp³-hybridized carbons (Fsp3) is 0.692. The van der Waals surface area contributed by atoms with Crippen LogP contribution in [-0.2, 0) is 0 Å². The lowest BCUT2D eigenvalue weighted by molar-refractivity contribution is 0.230. The number of hydrogen-bond donors (Lipinski definition) is 1. The molecule has 0 unspecified atom stereocenters. The molecule has 2 N–H and O–H groups in total. The molecule has 1 aromatic heterocycles. The monoisotopic (exact) mass is 248 g/mol. The Bertz CT molecular complexity index is 425. The van der Waals surface area contributed by atoms with Crippen LogP contribution in [0, 0.1) is 11.8 Å². The predicted molar refractivity (Wildman–Crippen MR) is 70.7 cm³/mol. The van der Waals surface area contributed by atoms with E-state index in [4.69, 9.17) is 10.5 Å². The maximum absolute atomic E-state index is 5.73. The molecule has 1 saturated heterocycles. The van der Waals surface area contributed by atoms with E-state index in [1.54, 1.807) is 7.11 Å². The van der Waals surface area contributed by atoms with Gasteiger partial charge in [-0.2, -0.15) is 9.97 Å². The van der Waals surface area contributed by atoms with Crippen LogP contribution in [0.3, 0.4) is 0 Å². The van der Waals surface area contributed by atoms with E-state index in [2.05, 4.69) is 14.9 Å². The quantitative estimate of drug-likeness (QED) is 0.863. The van der Waals surface area contributed by atoms with Crippen LogP contribution >= 0.6 is 0 Å². The zero-order chi connectivity index (χ0) is 12.5. The second-order valence-electron chi connectivity index (χ2n) is 5.43. The summed E-state index contributed by atoms with van der Waals surface area (Å²) in [6, 6.07) is 1.89. The Morgan fingerprint density at radius 3 is 2.67 bits per heavy atom. The summed E-state index contributed by atoms with van der Waals surface area (Å²) < 4.78 is 5.16. The molecule has 2 fully saturated rings. The average molecular weight is 248 g/mol. The fourth-order valence-electron chi connectivity index (χ4n) is 3.32. The summed E-state index contributed by atoms with van der Waals surface area (Å²) in [6.07, 6.45) is 5.47. The van der Waals surface area contributed by atoms with Gasteiger partial charge in [0.05, 0.1) is 7.11 Å². The lowest BCUT2D eigenvalue weighted by Gasteiger charge is -2.41. The van der Waals surface area contributed by atoms with Gasteiger partial charge in [-0.05, 0) is 31.1 Å². The SMILES string of the molecule is COc1cc(N2C[C@H]3CCC[C@@H](C3)C2)nc(N)n1. The molecule has 2 aliphatic rings. The lowest BCUT2D eigenvalue weighted by Crippen LogP contribution is -2.43. The third-order valence-electron chi connectivity index (χ3n) is 4.09. The second kappa shape index (κ2) is 4.63. The molecule has 3 rings (SSSR count). The Labute approximate surface area is 107 Å². The number of aromatic nitrogens is 2.